The first-order valence-corrected chi connectivity index (χ1v) is 8.72. The number of hydrogen-bond acceptors (Lipinski definition) is 7. The largest absolute Gasteiger partial charge is 0.386 e. The molecule has 0 amide bonds. The average molecular weight is 334 g/mol. The fraction of sp³-hybridized carbons (Fsp3) is 0.333. The number of anilines is 1. The molecule has 0 aliphatic heterocycles. The number of rotatable bonds is 5. The van der Waals surface area contributed by atoms with Crippen LogP contribution in [0.4, 0.5) is 5.69 Å². The highest BCUT2D eigenvalue weighted by Crippen LogP contribution is 2.38. The van der Waals surface area contributed by atoms with Crippen molar-refractivity contribution < 1.29 is 5.11 Å². The minimum absolute atomic E-state index is 0.317. The maximum absolute atomic E-state index is 10.3. The number of nitrogens with two attached hydrogens (primary N) is 1. The summed E-state index contributed by atoms with van der Waals surface area (Å²) in [5.41, 5.74) is 8.55. The topological polar surface area (TPSA) is 84.1 Å². The highest BCUT2D eigenvalue weighted by Gasteiger charge is 2.21. The Morgan fingerprint density at radius 2 is 2.27 bits per heavy atom. The zero-order chi connectivity index (χ0) is 15.7. The zero-order valence-electron chi connectivity index (χ0n) is 12.4. The van der Waals surface area contributed by atoms with Crippen molar-refractivity contribution in [2.45, 2.75) is 32.5 Å². The molecule has 3 rings (SSSR count). The minimum atomic E-state index is -0.677. The number of hydrogen-bond donors (Lipinski definition) is 3. The van der Waals surface area contributed by atoms with Crippen molar-refractivity contribution in [3.63, 3.8) is 0 Å². The van der Waals surface area contributed by atoms with Gasteiger partial charge in [-0.05, 0) is 30.9 Å². The number of thiophene rings is 2. The van der Waals surface area contributed by atoms with Gasteiger partial charge in [-0.2, -0.15) is 5.10 Å². The van der Waals surface area contributed by atoms with Crippen LogP contribution >= 0.6 is 22.7 Å². The molecule has 0 saturated carbocycles. The lowest BCUT2D eigenvalue weighted by Gasteiger charge is -2.13. The van der Waals surface area contributed by atoms with Gasteiger partial charge in [0.05, 0.1) is 16.6 Å². The van der Waals surface area contributed by atoms with Crippen molar-refractivity contribution >= 4 is 38.6 Å². The summed E-state index contributed by atoms with van der Waals surface area (Å²) in [6, 6.07) is 3.81. The summed E-state index contributed by atoms with van der Waals surface area (Å²) >= 11 is 3.25. The number of aliphatic hydroxyl groups excluding tert-OH is 1. The summed E-state index contributed by atoms with van der Waals surface area (Å²) in [6.45, 7) is 4.51. The number of nitrogens with one attached hydrogen (secondary N) is 1. The van der Waals surface area contributed by atoms with E-state index in [1.807, 2.05) is 13.0 Å². The van der Waals surface area contributed by atoms with Gasteiger partial charge in [0.15, 0.2) is 0 Å². The maximum Gasteiger partial charge on any atom is 0.109 e. The van der Waals surface area contributed by atoms with Crippen molar-refractivity contribution in [2.24, 2.45) is 5.73 Å². The molecule has 4 N–H and O–H groups in total. The van der Waals surface area contributed by atoms with Gasteiger partial charge in [-0.25, -0.2) is 0 Å². The van der Waals surface area contributed by atoms with Crippen LogP contribution in [0, 0.1) is 6.92 Å². The van der Waals surface area contributed by atoms with Crippen LogP contribution in [-0.4, -0.2) is 21.3 Å². The summed E-state index contributed by atoms with van der Waals surface area (Å²) in [7, 11) is 0. The number of aliphatic hydroxyl groups is 1. The van der Waals surface area contributed by atoms with Gasteiger partial charge >= 0.3 is 0 Å². The molecule has 0 bridgehead atoms. The van der Waals surface area contributed by atoms with Crippen LogP contribution < -0.4 is 11.1 Å². The third-order valence-corrected chi connectivity index (χ3v) is 5.80. The molecule has 7 heteroatoms. The fourth-order valence-corrected chi connectivity index (χ4v) is 4.25. The number of aromatic nitrogens is 2. The van der Waals surface area contributed by atoms with Crippen LogP contribution in [0.2, 0.25) is 0 Å². The molecule has 0 spiro atoms. The van der Waals surface area contributed by atoms with Gasteiger partial charge in [-0.1, -0.05) is 6.07 Å². The molecule has 0 fully saturated rings. The van der Waals surface area contributed by atoms with E-state index in [9.17, 15) is 5.11 Å². The second-order valence-corrected chi connectivity index (χ2v) is 7.35. The highest BCUT2D eigenvalue weighted by molar-refractivity contribution is 7.20. The molecule has 0 aliphatic carbocycles. The van der Waals surface area contributed by atoms with Gasteiger partial charge in [-0.3, -0.25) is 0 Å². The predicted octanol–water partition coefficient (Wildman–Crippen LogP) is 3.05. The lowest BCUT2D eigenvalue weighted by Crippen LogP contribution is -2.24. The SMILES string of the molecule is Cc1c(C(O)[C@H](C)N)sc2c(NCc3cccs3)cnnc12. The molecule has 22 heavy (non-hydrogen) atoms. The fourth-order valence-electron chi connectivity index (χ4n) is 2.27. The normalized spacial score (nSPS) is 14.2. The van der Waals surface area contributed by atoms with E-state index in [0.29, 0.717) is 0 Å². The van der Waals surface area contributed by atoms with Crippen LogP contribution in [0.3, 0.4) is 0 Å². The third-order valence-electron chi connectivity index (χ3n) is 3.54. The van der Waals surface area contributed by atoms with E-state index < -0.39 is 6.10 Å². The van der Waals surface area contributed by atoms with E-state index in [-0.39, 0.29) is 6.04 Å². The van der Waals surface area contributed by atoms with Crippen molar-refractivity contribution in [3.05, 3.63) is 39.0 Å². The second-order valence-electron chi connectivity index (χ2n) is 5.26. The van der Waals surface area contributed by atoms with Gasteiger partial charge in [-0.15, -0.1) is 27.8 Å². The van der Waals surface area contributed by atoms with Crippen LogP contribution in [-0.2, 0) is 6.54 Å². The quantitative estimate of drug-likeness (QED) is 0.668. The monoisotopic (exact) mass is 334 g/mol. The molecule has 2 atom stereocenters. The van der Waals surface area contributed by atoms with Gasteiger partial charge < -0.3 is 16.2 Å². The third kappa shape index (κ3) is 2.85. The van der Waals surface area contributed by atoms with Gasteiger partial charge in [0, 0.05) is 22.3 Å². The lowest BCUT2D eigenvalue weighted by molar-refractivity contribution is 0.156. The molecule has 3 heterocycles. The number of aryl methyl sites for hydroxylation is 1. The number of fused-ring (bicyclic) bond motifs is 1. The Kier molecular flexibility index (Phi) is 4.39. The van der Waals surface area contributed by atoms with E-state index in [1.54, 1.807) is 24.5 Å². The molecule has 0 aromatic carbocycles. The summed E-state index contributed by atoms with van der Waals surface area (Å²) in [4.78, 5) is 2.12. The van der Waals surface area contributed by atoms with E-state index in [4.69, 9.17) is 5.73 Å². The van der Waals surface area contributed by atoms with E-state index in [0.717, 1.165) is 32.9 Å². The standard InChI is InChI=1S/C15H18N4OS2/c1-8-12-15(22-14(8)13(20)9(2)16)11(7-18-19-12)17-6-10-4-3-5-21-10/h3-5,7,9,13,20H,6,16H2,1-2H3,(H,17,19)/t9-,13?/m0/s1. The van der Waals surface area contributed by atoms with E-state index in [2.05, 4.69) is 27.0 Å². The molecule has 116 valence electrons. The minimum Gasteiger partial charge on any atom is -0.386 e. The van der Waals surface area contributed by atoms with Gasteiger partial charge in [0.1, 0.15) is 11.6 Å². The summed E-state index contributed by atoms with van der Waals surface area (Å²) < 4.78 is 1.01. The van der Waals surface area contributed by atoms with Gasteiger partial charge in [0.25, 0.3) is 0 Å². The molecular formula is C15H18N4OS2. The highest BCUT2D eigenvalue weighted by atomic mass is 32.1. The van der Waals surface area contributed by atoms with Gasteiger partial charge in [0.2, 0.25) is 0 Å². The van der Waals surface area contributed by atoms with Crippen LogP contribution in [0.15, 0.2) is 23.7 Å². The Balaban J connectivity index is 1.96. The lowest BCUT2D eigenvalue weighted by atomic mass is 10.1. The van der Waals surface area contributed by atoms with Crippen LogP contribution in [0.5, 0.6) is 0 Å². The van der Waals surface area contributed by atoms with Crippen molar-refractivity contribution in [3.8, 4) is 0 Å². The Bertz CT molecular complexity index is 767. The van der Waals surface area contributed by atoms with Crippen molar-refractivity contribution in [1.29, 1.82) is 0 Å². The van der Waals surface area contributed by atoms with Crippen LogP contribution in [0.1, 0.15) is 28.3 Å². The Morgan fingerprint density at radius 3 is 2.95 bits per heavy atom. The smallest absolute Gasteiger partial charge is 0.109 e. The van der Waals surface area contributed by atoms with E-state index >= 15 is 0 Å². The molecule has 3 aromatic rings. The molecule has 0 saturated heterocycles. The van der Waals surface area contributed by atoms with Crippen molar-refractivity contribution in [2.75, 3.05) is 5.32 Å². The van der Waals surface area contributed by atoms with Crippen LogP contribution in [0.25, 0.3) is 10.2 Å². The Morgan fingerprint density at radius 1 is 1.45 bits per heavy atom. The maximum atomic E-state index is 10.3. The van der Waals surface area contributed by atoms with E-state index in [1.165, 1.54) is 16.2 Å². The zero-order valence-corrected chi connectivity index (χ0v) is 14.0. The average Bonchev–Trinajstić information content (AvgIpc) is 3.13. The molecule has 1 unspecified atom stereocenters. The summed E-state index contributed by atoms with van der Waals surface area (Å²) in [5.74, 6) is 0. The first-order chi connectivity index (χ1) is 10.6. The number of nitrogens with zero attached hydrogens (tertiary/aromatic N) is 2. The summed E-state index contributed by atoms with van der Waals surface area (Å²) in [5, 5.41) is 24.0. The first-order valence-electron chi connectivity index (χ1n) is 7.02. The summed E-state index contributed by atoms with van der Waals surface area (Å²) in [6.07, 6.45) is 1.05. The molecule has 0 aliphatic rings. The van der Waals surface area contributed by atoms with Crippen molar-refractivity contribution in [1.82, 2.24) is 10.2 Å². The Labute approximate surface area is 136 Å². The molecule has 3 aromatic heterocycles. The predicted molar refractivity (Wildman–Crippen MR) is 92.4 cm³/mol. The molecule has 5 nitrogen and oxygen atoms in total. The first kappa shape index (κ1) is 15.4. The Hall–Kier alpha value is -1.54. The molecule has 0 radical (unpaired) electrons. The molecular weight excluding hydrogens is 316 g/mol. The second kappa shape index (κ2) is 6.29.